The molecule has 1 saturated carbocycles. The van der Waals surface area contributed by atoms with Gasteiger partial charge in [0.05, 0.1) is 10.6 Å². The number of nitrogens with zero attached hydrogens (tertiary/aromatic N) is 3. The number of hydrogen-bond acceptors (Lipinski definition) is 5. The monoisotopic (exact) mass is 374 g/mol. The molecule has 1 aromatic rings. The molecule has 0 bridgehead atoms. The van der Waals surface area contributed by atoms with Crippen LogP contribution in [-0.2, 0) is 0 Å². The van der Waals surface area contributed by atoms with E-state index in [4.69, 9.17) is 0 Å². The smallest absolute Gasteiger partial charge is 0.356 e. The summed E-state index contributed by atoms with van der Waals surface area (Å²) in [5, 5.41) is 0. The maximum absolute atomic E-state index is 14.1. The lowest BCUT2D eigenvalue weighted by atomic mass is 10.1. The molecule has 0 aromatic heterocycles. The normalized spacial score (nSPS) is 24.6. The summed E-state index contributed by atoms with van der Waals surface area (Å²) in [6.45, 7) is 0.533. The van der Waals surface area contributed by atoms with Crippen LogP contribution in [0.1, 0.15) is 12.8 Å². The van der Waals surface area contributed by atoms with Crippen molar-refractivity contribution in [2.75, 3.05) is 31.6 Å². The Morgan fingerprint density at radius 2 is 2.00 bits per heavy atom. The summed E-state index contributed by atoms with van der Waals surface area (Å²) >= 11 is 1.23. The van der Waals surface area contributed by atoms with Gasteiger partial charge in [-0.15, -0.1) is 0 Å². The van der Waals surface area contributed by atoms with E-state index in [2.05, 4.69) is 9.71 Å². The average Bonchev–Trinajstić information content (AvgIpc) is 3.38. The van der Waals surface area contributed by atoms with Crippen LogP contribution in [-0.4, -0.2) is 49.6 Å². The lowest BCUT2D eigenvalue weighted by Gasteiger charge is -2.42. The third-order valence-corrected chi connectivity index (χ3v) is 5.59. The van der Waals surface area contributed by atoms with Crippen molar-refractivity contribution in [3.8, 4) is 0 Å². The Labute approximate surface area is 147 Å². The number of rotatable bonds is 2. The highest BCUT2D eigenvalue weighted by Crippen LogP contribution is 2.45. The number of piperazine rings is 1. The Morgan fingerprint density at radius 1 is 1.24 bits per heavy atom. The van der Waals surface area contributed by atoms with Crippen molar-refractivity contribution in [3.63, 3.8) is 0 Å². The number of fused-ring (bicyclic) bond motifs is 1. The first kappa shape index (κ1) is 17.0. The van der Waals surface area contributed by atoms with Gasteiger partial charge in [-0.05, 0) is 44.0 Å². The van der Waals surface area contributed by atoms with E-state index in [-0.39, 0.29) is 18.8 Å². The van der Waals surface area contributed by atoms with E-state index >= 15 is 0 Å². The van der Waals surface area contributed by atoms with Crippen molar-refractivity contribution in [2.45, 2.75) is 30.0 Å². The Hall–Kier alpha value is -1.48. The summed E-state index contributed by atoms with van der Waals surface area (Å²) in [4.78, 5) is 8.00. The molecule has 9 heteroatoms. The van der Waals surface area contributed by atoms with E-state index in [0.29, 0.717) is 23.0 Å². The first-order valence-corrected chi connectivity index (χ1v) is 9.01. The lowest BCUT2D eigenvalue weighted by molar-refractivity contribution is -0.155. The molecular weight excluding hydrogens is 356 g/mol. The minimum Gasteiger partial charge on any atom is -0.356 e. The van der Waals surface area contributed by atoms with Gasteiger partial charge in [-0.2, -0.15) is 13.2 Å². The quantitative estimate of drug-likeness (QED) is 0.634. The maximum Gasteiger partial charge on any atom is 0.409 e. The number of alkyl halides is 3. The van der Waals surface area contributed by atoms with Gasteiger partial charge in [-0.25, -0.2) is 9.38 Å². The Balaban J connectivity index is 1.78. The van der Waals surface area contributed by atoms with Crippen molar-refractivity contribution >= 4 is 29.2 Å². The molecule has 2 aliphatic heterocycles. The number of likely N-dealkylation sites (N-methyl/N-ethyl adjacent to an activating group) is 1. The van der Waals surface area contributed by atoms with Gasteiger partial charge >= 0.3 is 6.18 Å². The van der Waals surface area contributed by atoms with Gasteiger partial charge in [-0.3, -0.25) is 0 Å². The molecule has 1 N–H and O–H groups in total. The molecule has 136 valence electrons. The number of aliphatic imine (C=N–C) groups is 1. The summed E-state index contributed by atoms with van der Waals surface area (Å²) in [6, 6.07) is 0.835. The fraction of sp³-hybridized carbons (Fsp3) is 0.562. The molecule has 0 amide bonds. The second kappa shape index (κ2) is 6.05. The largest absolute Gasteiger partial charge is 0.409 e. The molecular formula is C16H18F4N4S. The Morgan fingerprint density at radius 3 is 2.68 bits per heavy atom. The van der Waals surface area contributed by atoms with Crippen molar-refractivity contribution in [3.05, 3.63) is 17.9 Å². The summed E-state index contributed by atoms with van der Waals surface area (Å²) in [5.41, 5.74) is 0.684. The fourth-order valence-electron chi connectivity index (χ4n) is 3.24. The number of halogens is 4. The van der Waals surface area contributed by atoms with Crippen LogP contribution in [0.4, 0.5) is 28.9 Å². The minimum atomic E-state index is -4.39. The van der Waals surface area contributed by atoms with E-state index in [0.717, 1.165) is 18.7 Å². The van der Waals surface area contributed by atoms with E-state index in [1.54, 1.807) is 11.9 Å². The van der Waals surface area contributed by atoms with E-state index in [1.165, 1.54) is 29.0 Å². The highest BCUT2D eigenvalue weighted by molar-refractivity contribution is 7.98. The summed E-state index contributed by atoms with van der Waals surface area (Å²) in [5.74, 6) is 0.570. The Bertz CT molecular complexity index is 717. The molecule has 0 radical (unpaired) electrons. The van der Waals surface area contributed by atoms with Gasteiger partial charge in [-0.1, -0.05) is 0 Å². The van der Waals surface area contributed by atoms with Gasteiger partial charge in [0.2, 0.25) is 0 Å². The molecule has 1 saturated heterocycles. The molecule has 2 fully saturated rings. The number of hydrogen-bond donors (Lipinski definition) is 1. The number of nitrogens with one attached hydrogen (secondary N) is 1. The van der Waals surface area contributed by atoms with Crippen LogP contribution in [0.15, 0.2) is 22.0 Å². The van der Waals surface area contributed by atoms with E-state index in [9.17, 15) is 17.6 Å². The van der Waals surface area contributed by atoms with Crippen LogP contribution < -0.4 is 9.62 Å². The highest BCUT2D eigenvalue weighted by atomic mass is 32.2. The first-order chi connectivity index (χ1) is 11.8. The third-order valence-electron chi connectivity index (χ3n) is 4.75. The molecule has 4 nitrogen and oxygen atoms in total. The molecule has 1 atom stereocenters. The predicted molar refractivity (Wildman–Crippen MR) is 89.9 cm³/mol. The topological polar surface area (TPSA) is 30.9 Å². The summed E-state index contributed by atoms with van der Waals surface area (Å²) in [7, 11) is 1.67. The van der Waals surface area contributed by atoms with Crippen LogP contribution in [0.3, 0.4) is 0 Å². The first-order valence-electron chi connectivity index (χ1n) is 8.20. The number of anilines is 1. The number of amidine groups is 1. The van der Waals surface area contributed by atoms with E-state index < -0.39 is 18.0 Å². The van der Waals surface area contributed by atoms with Crippen molar-refractivity contribution in [1.29, 1.82) is 0 Å². The van der Waals surface area contributed by atoms with Crippen molar-refractivity contribution in [1.82, 2.24) is 9.62 Å². The molecule has 1 aromatic carbocycles. The summed E-state index contributed by atoms with van der Waals surface area (Å²) < 4.78 is 57.9. The van der Waals surface area contributed by atoms with Gasteiger partial charge in [0.25, 0.3) is 0 Å². The zero-order valence-electron chi connectivity index (χ0n) is 13.6. The number of benzene rings is 1. The zero-order chi connectivity index (χ0) is 17.8. The maximum atomic E-state index is 14.1. The Kier molecular flexibility index (Phi) is 4.10. The van der Waals surface area contributed by atoms with Crippen LogP contribution in [0.25, 0.3) is 0 Å². The molecule has 3 aliphatic rings. The lowest BCUT2D eigenvalue weighted by Crippen LogP contribution is -2.58. The standard InChI is InChI=1S/C16H18F4N4S/c1-23-4-5-24(13(8-23)16(18,19)20)11-6-10(17)7-12-14(11)21-15(22-25-12)9-2-3-9/h6-7,9,13H,2-5,8H2,1H3,(H,21,22)/t13-/m1/s1. The second-order valence-corrected chi connectivity index (χ2v) is 7.61. The highest BCUT2D eigenvalue weighted by Gasteiger charge is 2.47. The molecule has 25 heavy (non-hydrogen) atoms. The van der Waals surface area contributed by atoms with Gasteiger partial charge < -0.3 is 14.5 Å². The van der Waals surface area contributed by atoms with Crippen LogP contribution >= 0.6 is 11.9 Å². The zero-order valence-corrected chi connectivity index (χ0v) is 14.4. The van der Waals surface area contributed by atoms with Crippen LogP contribution in [0.5, 0.6) is 0 Å². The van der Waals surface area contributed by atoms with Crippen molar-refractivity contribution in [2.24, 2.45) is 10.9 Å². The second-order valence-electron chi connectivity index (χ2n) is 6.76. The third kappa shape index (κ3) is 3.31. The van der Waals surface area contributed by atoms with E-state index in [1.807, 2.05) is 0 Å². The summed E-state index contributed by atoms with van der Waals surface area (Å²) in [6.07, 6.45) is -2.34. The van der Waals surface area contributed by atoms with Gasteiger partial charge in [0.1, 0.15) is 23.4 Å². The van der Waals surface area contributed by atoms with Crippen LogP contribution in [0.2, 0.25) is 0 Å². The average molecular weight is 374 g/mol. The van der Waals surface area contributed by atoms with Gasteiger partial charge in [0.15, 0.2) is 0 Å². The SMILES string of the molecule is CN1CCN(c2cc(F)cc3c2N=C(C2CC2)NS3)[C@@H](C(F)(F)F)C1. The minimum absolute atomic E-state index is 0.140. The molecule has 0 spiro atoms. The molecule has 0 unspecified atom stereocenters. The van der Waals surface area contributed by atoms with Crippen LogP contribution in [0, 0.1) is 11.7 Å². The molecule has 2 heterocycles. The molecule has 4 rings (SSSR count). The molecule has 1 aliphatic carbocycles. The predicted octanol–water partition coefficient (Wildman–Crippen LogP) is 3.56. The van der Waals surface area contributed by atoms with Gasteiger partial charge in [0, 0.05) is 25.6 Å². The fourth-order valence-corrected chi connectivity index (χ4v) is 4.08. The van der Waals surface area contributed by atoms with Crippen molar-refractivity contribution < 1.29 is 17.6 Å².